The standard InChI is InChI=1S/C12H16ClF2NO/c1-17-8-10(5-6-13)16-7-9-3-2-4-11(14)12(9)15/h2-4,10,16H,5-8H2,1H3. The highest BCUT2D eigenvalue weighted by Gasteiger charge is 2.11. The molecular formula is C12H16ClF2NO. The van der Waals surface area contributed by atoms with E-state index in [1.54, 1.807) is 13.2 Å². The van der Waals surface area contributed by atoms with Gasteiger partial charge in [-0.2, -0.15) is 0 Å². The van der Waals surface area contributed by atoms with Crippen LogP contribution in [0.4, 0.5) is 8.78 Å². The Morgan fingerprint density at radius 2 is 2.18 bits per heavy atom. The van der Waals surface area contributed by atoms with E-state index in [2.05, 4.69) is 5.32 Å². The summed E-state index contributed by atoms with van der Waals surface area (Å²) in [5.74, 6) is -1.14. The molecule has 0 aromatic heterocycles. The molecule has 1 aromatic rings. The fourth-order valence-electron chi connectivity index (χ4n) is 1.52. The van der Waals surface area contributed by atoms with E-state index in [9.17, 15) is 8.78 Å². The van der Waals surface area contributed by atoms with Crippen LogP contribution >= 0.6 is 11.6 Å². The summed E-state index contributed by atoms with van der Waals surface area (Å²) in [4.78, 5) is 0. The summed E-state index contributed by atoms with van der Waals surface area (Å²) in [6.07, 6.45) is 0.715. The molecule has 0 bridgehead atoms. The smallest absolute Gasteiger partial charge is 0.163 e. The van der Waals surface area contributed by atoms with Crippen molar-refractivity contribution in [2.45, 2.75) is 19.0 Å². The molecule has 0 amide bonds. The second-order valence-corrected chi connectivity index (χ2v) is 4.10. The highest BCUT2D eigenvalue weighted by Crippen LogP contribution is 2.11. The number of halogens is 3. The summed E-state index contributed by atoms with van der Waals surface area (Å²) < 4.78 is 31.3. The summed E-state index contributed by atoms with van der Waals surface area (Å²) in [6, 6.07) is 4.18. The van der Waals surface area contributed by atoms with Crippen molar-refractivity contribution in [2.24, 2.45) is 0 Å². The Morgan fingerprint density at radius 1 is 1.41 bits per heavy atom. The lowest BCUT2D eigenvalue weighted by atomic mass is 10.1. The SMILES string of the molecule is COCC(CCCl)NCc1cccc(F)c1F. The van der Waals surface area contributed by atoms with Crippen molar-refractivity contribution in [3.8, 4) is 0 Å². The fourth-order valence-corrected chi connectivity index (χ4v) is 1.78. The lowest BCUT2D eigenvalue weighted by Gasteiger charge is -2.17. The van der Waals surface area contributed by atoms with E-state index in [1.165, 1.54) is 6.07 Å². The lowest BCUT2D eigenvalue weighted by molar-refractivity contribution is 0.164. The van der Waals surface area contributed by atoms with Crippen LogP contribution < -0.4 is 5.32 Å². The molecule has 0 fully saturated rings. The summed E-state index contributed by atoms with van der Waals surface area (Å²) in [5.41, 5.74) is 0.306. The predicted molar refractivity (Wildman–Crippen MR) is 64.2 cm³/mol. The minimum atomic E-state index is -0.829. The van der Waals surface area contributed by atoms with E-state index in [0.717, 1.165) is 6.07 Å². The Labute approximate surface area is 105 Å². The van der Waals surface area contributed by atoms with Gasteiger partial charge >= 0.3 is 0 Å². The number of benzene rings is 1. The molecule has 0 heterocycles. The molecule has 0 saturated carbocycles. The molecule has 0 spiro atoms. The van der Waals surface area contributed by atoms with Crippen molar-refractivity contribution in [1.29, 1.82) is 0 Å². The highest BCUT2D eigenvalue weighted by molar-refractivity contribution is 6.17. The molecule has 1 N–H and O–H groups in total. The minimum absolute atomic E-state index is 0.0418. The molecule has 1 aromatic carbocycles. The fraction of sp³-hybridized carbons (Fsp3) is 0.500. The van der Waals surface area contributed by atoms with Gasteiger partial charge in [-0.1, -0.05) is 12.1 Å². The van der Waals surface area contributed by atoms with E-state index in [4.69, 9.17) is 16.3 Å². The molecule has 1 rings (SSSR count). The van der Waals surface area contributed by atoms with Crippen LogP contribution in [0.5, 0.6) is 0 Å². The maximum atomic E-state index is 13.4. The van der Waals surface area contributed by atoms with Crippen LogP contribution in [0.3, 0.4) is 0 Å². The van der Waals surface area contributed by atoms with Crippen LogP contribution in [0.25, 0.3) is 0 Å². The van der Waals surface area contributed by atoms with Gasteiger partial charge in [0.05, 0.1) is 6.61 Å². The van der Waals surface area contributed by atoms with Gasteiger partial charge in [0, 0.05) is 31.1 Å². The van der Waals surface area contributed by atoms with Crippen LogP contribution in [0.1, 0.15) is 12.0 Å². The van der Waals surface area contributed by atoms with Gasteiger partial charge in [0.2, 0.25) is 0 Å². The van der Waals surface area contributed by atoms with Gasteiger partial charge in [-0.25, -0.2) is 8.78 Å². The Bertz CT molecular complexity index is 343. The average molecular weight is 264 g/mol. The van der Waals surface area contributed by atoms with Crippen molar-refractivity contribution in [3.05, 3.63) is 35.4 Å². The third-order valence-electron chi connectivity index (χ3n) is 2.44. The number of hydrogen-bond acceptors (Lipinski definition) is 2. The van der Waals surface area contributed by atoms with E-state index >= 15 is 0 Å². The highest BCUT2D eigenvalue weighted by atomic mass is 35.5. The van der Waals surface area contributed by atoms with Gasteiger partial charge in [-0.3, -0.25) is 0 Å². The first-order valence-corrected chi connectivity index (χ1v) is 5.93. The monoisotopic (exact) mass is 263 g/mol. The zero-order valence-electron chi connectivity index (χ0n) is 9.68. The number of rotatable bonds is 7. The Balaban J connectivity index is 2.55. The van der Waals surface area contributed by atoms with Crippen molar-refractivity contribution >= 4 is 11.6 Å². The maximum absolute atomic E-state index is 13.4. The van der Waals surface area contributed by atoms with Crippen LogP contribution in [-0.2, 0) is 11.3 Å². The number of methoxy groups -OCH3 is 1. The number of hydrogen-bond donors (Lipinski definition) is 1. The normalized spacial score (nSPS) is 12.7. The lowest BCUT2D eigenvalue weighted by Crippen LogP contribution is -2.33. The van der Waals surface area contributed by atoms with Gasteiger partial charge in [0.1, 0.15) is 0 Å². The number of ether oxygens (including phenoxy) is 1. The average Bonchev–Trinajstić information content (AvgIpc) is 2.31. The molecule has 1 atom stereocenters. The molecule has 5 heteroatoms. The van der Waals surface area contributed by atoms with Gasteiger partial charge in [-0.15, -0.1) is 11.6 Å². The van der Waals surface area contributed by atoms with E-state index in [0.29, 0.717) is 24.5 Å². The van der Waals surface area contributed by atoms with Crippen LogP contribution in [0.15, 0.2) is 18.2 Å². The Hall–Kier alpha value is -0.710. The molecule has 0 aliphatic rings. The molecule has 17 heavy (non-hydrogen) atoms. The van der Waals surface area contributed by atoms with Crippen molar-refractivity contribution < 1.29 is 13.5 Å². The topological polar surface area (TPSA) is 21.3 Å². The third-order valence-corrected chi connectivity index (χ3v) is 2.66. The zero-order chi connectivity index (χ0) is 12.7. The first kappa shape index (κ1) is 14.4. The quantitative estimate of drug-likeness (QED) is 0.764. The van der Waals surface area contributed by atoms with Crippen molar-refractivity contribution in [2.75, 3.05) is 19.6 Å². The van der Waals surface area contributed by atoms with Crippen LogP contribution in [0.2, 0.25) is 0 Å². The zero-order valence-corrected chi connectivity index (χ0v) is 10.4. The Kier molecular flexibility index (Phi) is 6.40. The largest absolute Gasteiger partial charge is 0.383 e. The van der Waals surface area contributed by atoms with Gasteiger partial charge < -0.3 is 10.1 Å². The van der Waals surface area contributed by atoms with Gasteiger partial charge in [0.25, 0.3) is 0 Å². The van der Waals surface area contributed by atoms with E-state index < -0.39 is 11.6 Å². The molecule has 0 radical (unpaired) electrons. The minimum Gasteiger partial charge on any atom is -0.383 e. The predicted octanol–water partition coefficient (Wildman–Crippen LogP) is 2.70. The molecule has 0 aliphatic carbocycles. The molecule has 0 saturated heterocycles. The number of nitrogens with one attached hydrogen (secondary N) is 1. The summed E-state index contributed by atoms with van der Waals surface area (Å²) in [6.45, 7) is 0.748. The first-order chi connectivity index (χ1) is 8.19. The number of alkyl halides is 1. The second-order valence-electron chi connectivity index (χ2n) is 3.72. The first-order valence-electron chi connectivity index (χ1n) is 5.40. The Morgan fingerprint density at radius 3 is 2.82 bits per heavy atom. The van der Waals surface area contributed by atoms with Crippen LogP contribution in [0, 0.1) is 11.6 Å². The second kappa shape index (κ2) is 7.58. The summed E-state index contributed by atoms with van der Waals surface area (Å²) >= 11 is 5.64. The van der Waals surface area contributed by atoms with E-state index in [1.807, 2.05) is 0 Å². The van der Waals surface area contributed by atoms with Gasteiger partial charge in [-0.05, 0) is 12.5 Å². The molecular weight excluding hydrogens is 248 g/mol. The van der Waals surface area contributed by atoms with Crippen LogP contribution in [-0.4, -0.2) is 25.6 Å². The third kappa shape index (κ3) is 4.58. The summed E-state index contributed by atoms with van der Waals surface area (Å²) in [7, 11) is 1.59. The summed E-state index contributed by atoms with van der Waals surface area (Å²) in [5, 5.41) is 3.09. The van der Waals surface area contributed by atoms with Gasteiger partial charge in [0.15, 0.2) is 11.6 Å². The van der Waals surface area contributed by atoms with Crippen molar-refractivity contribution in [1.82, 2.24) is 5.32 Å². The maximum Gasteiger partial charge on any atom is 0.163 e. The molecule has 0 aliphatic heterocycles. The molecule has 1 unspecified atom stereocenters. The van der Waals surface area contributed by atoms with Crippen molar-refractivity contribution in [3.63, 3.8) is 0 Å². The molecule has 96 valence electrons. The van der Waals surface area contributed by atoms with E-state index in [-0.39, 0.29) is 12.6 Å². The molecule has 2 nitrogen and oxygen atoms in total.